The van der Waals surface area contributed by atoms with Crippen molar-refractivity contribution in [3.8, 4) is 0 Å². The third kappa shape index (κ3) is 4.62. The fraction of sp³-hybridized carbons (Fsp3) is 0.350. The summed E-state index contributed by atoms with van der Waals surface area (Å²) in [7, 11) is 0. The number of esters is 1. The summed E-state index contributed by atoms with van der Waals surface area (Å²) in [5, 5.41) is 14.6. The van der Waals surface area contributed by atoms with Crippen LogP contribution < -0.4 is 5.32 Å². The van der Waals surface area contributed by atoms with Gasteiger partial charge in [-0.25, -0.2) is 4.79 Å². The summed E-state index contributed by atoms with van der Waals surface area (Å²) >= 11 is 0. The summed E-state index contributed by atoms with van der Waals surface area (Å²) in [5.74, 6) is -0.693. The molecule has 0 spiro atoms. The maximum atomic E-state index is 12.1. The van der Waals surface area contributed by atoms with Gasteiger partial charge in [-0.1, -0.05) is 30.3 Å². The van der Waals surface area contributed by atoms with Crippen LogP contribution in [0.2, 0.25) is 0 Å². The number of anilines is 1. The molecule has 7 nitrogen and oxygen atoms in total. The Bertz CT molecular complexity index is 809. The highest BCUT2D eigenvalue weighted by Crippen LogP contribution is 2.31. The fourth-order valence-electron chi connectivity index (χ4n) is 3.22. The topological polar surface area (TPSA) is 90.7 Å². The average Bonchev–Trinajstić information content (AvgIpc) is 2.69. The normalized spacial score (nSPS) is 19.3. The first-order chi connectivity index (χ1) is 13.1. The van der Waals surface area contributed by atoms with E-state index in [2.05, 4.69) is 5.32 Å². The lowest BCUT2D eigenvalue weighted by molar-refractivity contribution is -0.385. The quantitative estimate of drug-likeness (QED) is 0.468. The molecular weight excluding hydrogens is 348 g/mol. The van der Waals surface area contributed by atoms with Crippen molar-refractivity contribution in [1.29, 1.82) is 0 Å². The van der Waals surface area contributed by atoms with Crippen LogP contribution in [0, 0.1) is 10.1 Å². The zero-order chi connectivity index (χ0) is 19.2. The van der Waals surface area contributed by atoms with Crippen molar-refractivity contribution < 1.29 is 19.2 Å². The second kappa shape index (κ2) is 8.64. The Morgan fingerprint density at radius 1 is 1.30 bits per heavy atom. The minimum absolute atomic E-state index is 0.0000236. The number of carbonyl (C=O) groups is 1. The van der Waals surface area contributed by atoms with E-state index in [1.165, 1.54) is 12.1 Å². The second-order valence-electron chi connectivity index (χ2n) is 6.35. The molecule has 27 heavy (non-hydrogen) atoms. The number of nitrogens with one attached hydrogen (secondary N) is 1. The number of ether oxygens (including phenoxy) is 2. The summed E-state index contributed by atoms with van der Waals surface area (Å²) in [4.78, 5) is 22.7. The van der Waals surface area contributed by atoms with Gasteiger partial charge >= 0.3 is 5.97 Å². The molecule has 2 aromatic carbocycles. The van der Waals surface area contributed by atoms with E-state index in [0.29, 0.717) is 12.3 Å². The largest absolute Gasteiger partial charge is 0.462 e. The van der Waals surface area contributed by atoms with Gasteiger partial charge < -0.3 is 14.8 Å². The lowest BCUT2D eigenvalue weighted by atomic mass is 9.97. The maximum Gasteiger partial charge on any atom is 0.345 e. The summed E-state index contributed by atoms with van der Waals surface area (Å²) in [5.41, 5.74) is 1.48. The van der Waals surface area contributed by atoms with Crippen LogP contribution in [0.25, 0.3) is 0 Å². The highest BCUT2D eigenvalue weighted by atomic mass is 16.6. The standard InChI is InChI=1S/C20H22N2O5/c1-2-26-20(23)17-12-15(8-9-18(17)22(24)25)21-16-10-11-27-19(13-16)14-6-4-3-5-7-14/h3-9,12,16,19,21H,2,10-11,13H2,1H3. The first-order valence-electron chi connectivity index (χ1n) is 8.97. The van der Waals surface area contributed by atoms with Crippen LogP contribution >= 0.6 is 0 Å². The molecule has 1 N–H and O–H groups in total. The van der Waals surface area contributed by atoms with E-state index in [1.54, 1.807) is 13.0 Å². The molecule has 1 aliphatic heterocycles. The van der Waals surface area contributed by atoms with E-state index in [-0.39, 0.29) is 30.0 Å². The number of nitrogens with zero attached hydrogens (tertiary/aromatic N) is 1. The SMILES string of the molecule is CCOC(=O)c1cc(NC2CCOC(c3ccccc3)C2)ccc1[N+](=O)[O-]. The summed E-state index contributed by atoms with van der Waals surface area (Å²) < 4.78 is 10.8. The summed E-state index contributed by atoms with van der Waals surface area (Å²) in [6.07, 6.45) is 1.59. The van der Waals surface area contributed by atoms with Crippen LogP contribution in [0.15, 0.2) is 48.5 Å². The molecule has 0 amide bonds. The van der Waals surface area contributed by atoms with Gasteiger partial charge in [0.25, 0.3) is 5.69 Å². The van der Waals surface area contributed by atoms with Gasteiger partial charge in [-0.05, 0) is 37.5 Å². The van der Waals surface area contributed by atoms with Gasteiger partial charge in [0.05, 0.1) is 17.6 Å². The van der Waals surface area contributed by atoms with Crippen molar-refractivity contribution in [1.82, 2.24) is 0 Å². The van der Waals surface area contributed by atoms with Crippen molar-refractivity contribution in [3.05, 3.63) is 69.8 Å². The summed E-state index contributed by atoms with van der Waals surface area (Å²) in [6.45, 7) is 2.44. The third-order valence-corrected chi connectivity index (χ3v) is 4.51. The molecule has 2 unspecified atom stereocenters. The van der Waals surface area contributed by atoms with Gasteiger partial charge in [0.15, 0.2) is 0 Å². The van der Waals surface area contributed by atoms with E-state index >= 15 is 0 Å². The number of hydrogen-bond donors (Lipinski definition) is 1. The number of benzene rings is 2. The predicted molar refractivity (Wildman–Crippen MR) is 101 cm³/mol. The molecule has 2 atom stereocenters. The van der Waals surface area contributed by atoms with Gasteiger partial charge in [0, 0.05) is 24.4 Å². The second-order valence-corrected chi connectivity index (χ2v) is 6.35. The number of hydrogen-bond acceptors (Lipinski definition) is 6. The Balaban J connectivity index is 1.75. The van der Waals surface area contributed by atoms with Gasteiger partial charge in [-0.15, -0.1) is 0 Å². The minimum Gasteiger partial charge on any atom is -0.462 e. The third-order valence-electron chi connectivity index (χ3n) is 4.51. The van der Waals surface area contributed by atoms with E-state index in [1.807, 2.05) is 30.3 Å². The monoisotopic (exact) mass is 370 g/mol. The zero-order valence-electron chi connectivity index (χ0n) is 15.1. The molecule has 1 heterocycles. The molecule has 0 aromatic heterocycles. The van der Waals surface area contributed by atoms with Crippen LogP contribution in [0.4, 0.5) is 11.4 Å². The van der Waals surface area contributed by atoms with Crippen molar-refractivity contribution in [3.63, 3.8) is 0 Å². The van der Waals surface area contributed by atoms with Crippen molar-refractivity contribution in [2.24, 2.45) is 0 Å². The average molecular weight is 370 g/mol. The molecule has 2 aromatic rings. The molecular formula is C20H22N2O5. The van der Waals surface area contributed by atoms with Gasteiger partial charge in [-0.2, -0.15) is 0 Å². The molecule has 0 saturated carbocycles. The summed E-state index contributed by atoms with van der Waals surface area (Å²) in [6, 6.07) is 14.6. The Labute approximate surface area is 157 Å². The van der Waals surface area contributed by atoms with E-state index in [9.17, 15) is 14.9 Å². The molecule has 1 saturated heterocycles. The highest BCUT2D eigenvalue weighted by Gasteiger charge is 2.26. The van der Waals surface area contributed by atoms with Crippen molar-refractivity contribution >= 4 is 17.3 Å². The molecule has 0 radical (unpaired) electrons. The molecule has 1 fully saturated rings. The number of carbonyl (C=O) groups excluding carboxylic acids is 1. The van der Waals surface area contributed by atoms with Crippen LogP contribution in [0.5, 0.6) is 0 Å². The van der Waals surface area contributed by atoms with Crippen molar-refractivity contribution in [2.75, 3.05) is 18.5 Å². The number of nitro benzene ring substituents is 1. The first-order valence-corrected chi connectivity index (χ1v) is 8.97. The molecule has 0 bridgehead atoms. The molecule has 3 rings (SSSR count). The number of rotatable bonds is 6. The minimum atomic E-state index is -0.693. The highest BCUT2D eigenvalue weighted by molar-refractivity contribution is 5.95. The van der Waals surface area contributed by atoms with Gasteiger partial charge in [0.2, 0.25) is 0 Å². The van der Waals surface area contributed by atoms with E-state index in [0.717, 1.165) is 18.4 Å². The Hall–Kier alpha value is -2.93. The molecule has 0 aliphatic carbocycles. The molecule has 1 aliphatic rings. The van der Waals surface area contributed by atoms with Crippen LogP contribution in [-0.4, -0.2) is 30.1 Å². The lowest BCUT2D eigenvalue weighted by Crippen LogP contribution is -2.30. The van der Waals surface area contributed by atoms with Crippen molar-refractivity contribution in [2.45, 2.75) is 31.9 Å². The Morgan fingerprint density at radius 2 is 2.07 bits per heavy atom. The molecule has 142 valence electrons. The zero-order valence-corrected chi connectivity index (χ0v) is 15.1. The Kier molecular flexibility index (Phi) is 6.03. The van der Waals surface area contributed by atoms with Crippen LogP contribution in [0.3, 0.4) is 0 Å². The van der Waals surface area contributed by atoms with Gasteiger partial charge in [0.1, 0.15) is 5.56 Å². The molecule has 7 heteroatoms. The Morgan fingerprint density at radius 3 is 2.78 bits per heavy atom. The maximum absolute atomic E-state index is 12.1. The first kappa shape index (κ1) is 18.8. The number of nitro groups is 1. The van der Waals surface area contributed by atoms with Gasteiger partial charge in [-0.3, -0.25) is 10.1 Å². The van der Waals surface area contributed by atoms with E-state index in [4.69, 9.17) is 9.47 Å². The lowest BCUT2D eigenvalue weighted by Gasteiger charge is -2.31. The fourth-order valence-corrected chi connectivity index (χ4v) is 3.22. The van der Waals surface area contributed by atoms with Crippen LogP contribution in [-0.2, 0) is 9.47 Å². The van der Waals surface area contributed by atoms with Crippen LogP contribution in [0.1, 0.15) is 41.8 Å². The smallest absolute Gasteiger partial charge is 0.345 e. The predicted octanol–water partition coefficient (Wildman–Crippen LogP) is 4.10. The van der Waals surface area contributed by atoms with E-state index < -0.39 is 10.9 Å².